The summed E-state index contributed by atoms with van der Waals surface area (Å²) < 4.78 is 5.14. The van der Waals surface area contributed by atoms with E-state index < -0.39 is 5.97 Å². The molecule has 5 nitrogen and oxygen atoms in total. The highest BCUT2D eigenvalue weighted by Crippen LogP contribution is 2.24. The number of carbonyl (C=O) groups is 2. The van der Waals surface area contributed by atoms with Gasteiger partial charge >= 0.3 is 5.97 Å². The van der Waals surface area contributed by atoms with Gasteiger partial charge in [0.15, 0.2) is 6.61 Å². The summed E-state index contributed by atoms with van der Waals surface area (Å²) in [5.74, 6) is -0.817. The third-order valence-electron chi connectivity index (χ3n) is 4.54. The van der Waals surface area contributed by atoms with Crippen molar-refractivity contribution < 1.29 is 14.3 Å². The van der Waals surface area contributed by atoms with Gasteiger partial charge < -0.3 is 10.1 Å². The Labute approximate surface area is 174 Å². The molecule has 0 aliphatic heterocycles. The average Bonchev–Trinajstić information content (AvgIpc) is 3.17. The topological polar surface area (TPSA) is 68.3 Å². The van der Waals surface area contributed by atoms with Crippen LogP contribution in [0.4, 0.5) is 5.69 Å². The molecule has 0 spiro atoms. The van der Waals surface area contributed by atoms with Crippen molar-refractivity contribution in [2.45, 2.75) is 33.6 Å². The number of hydrogen-bond donors (Lipinski definition) is 1. The lowest BCUT2D eigenvalue weighted by molar-refractivity contribution is -0.146. The van der Waals surface area contributed by atoms with E-state index in [1.54, 1.807) is 0 Å². The molecule has 0 saturated heterocycles. The Hall–Kier alpha value is -2.99. The fourth-order valence-corrected chi connectivity index (χ4v) is 3.77. The summed E-state index contributed by atoms with van der Waals surface area (Å²) in [4.78, 5) is 28.8. The van der Waals surface area contributed by atoms with E-state index >= 15 is 0 Å². The molecular formula is C23H24N2O3S. The molecule has 0 radical (unpaired) electrons. The smallest absolute Gasteiger partial charge is 0.312 e. The Morgan fingerprint density at radius 3 is 2.59 bits per heavy atom. The Balaban J connectivity index is 1.53. The summed E-state index contributed by atoms with van der Waals surface area (Å²) in [6.45, 7) is 5.69. The van der Waals surface area contributed by atoms with E-state index in [0.717, 1.165) is 33.8 Å². The first kappa shape index (κ1) is 20.7. The van der Waals surface area contributed by atoms with Gasteiger partial charge in [-0.15, -0.1) is 11.3 Å². The van der Waals surface area contributed by atoms with Gasteiger partial charge in [-0.2, -0.15) is 0 Å². The number of carbonyl (C=O) groups excluding carboxylic acids is 2. The Morgan fingerprint density at radius 1 is 1.10 bits per heavy atom. The van der Waals surface area contributed by atoms with E-state index in [9.17, 15) is 9.59 Å². The number of benzene rings is 2. The van der Waals surface area contributed by atoms with E-state index in [4.69, 9.17) is 4.74 Å². The van der Waals surface area contributed by atoms with Crippen molar-refractivity contribution in [1.82, 2.24) is 4.98 Å². The van der Waals surface area contributed by atoms with Crippen molar-refractivity contribution in [1.29, 1.82) is 0 Å². The lowest BCUT2D eigenvalue weighted by atomic mass is 10.1. The van der Waals surface area contributed by atoms with Gasteiger partial charge in [-0.1, -0.05) is 55.0 Å². The minimum Gasteiger partial charge on any atom is -0.455 e. The first-order valence-corrected chi connectivity index (χ1v) is 10.4. The predicted molar refractivity (Wildman–Crippen MR) is 116 cm³/mol. The molecule has 0 unspecified atom stereocenters. The summed E-state index contributed by atoms with van der Waals surface area (Å²) in [7, 11) is 0. The van der Waals surface area contributed by atoms with Gasteiger partial charge in [0.1, 0.15) is 5.01 Å². The van der Waals surface area contributed by atoms with Gasteiger partial charge in [0.25, 0.3) is 5.91 Å². The van der Waals surface area contributed by atoms with Gasteiger partial charge in [0, 0.05) is 16.6 Å². The molecule has 1 heterocycles. The number of aromatic nitrogens is 1. The summed E-state index contributed by atoms with van der Waals surface area (Å²) in [6.07, 6.45) is 0.852. The molecule has 0 fully saturated rings. The van der Waals surface area contributed by atoms with Crippen LogP contribution in [-0.2, 0) is 27.2 Å². The maximum absolute atomic E-state index is 12.2. The molecule has 1 N–H and O–H groups in total. The van der Waals surface area contributed by atoms with Crippen molar-refractivity contribution in [3.05, 3.63) is 70.2 Å². The van der Waals surface area contributed by atoms with Gasteiger partial charge in [0.2, 0.25) is 0 Å². The molecule has 0 aliphatic rings. The fourth-order valence-electron chi connectivity index (χ4n) is 2.94. The van der Waals surface area contributed by atoms with Crippen LogP contribution in [0.1, 0.15) is 29.3 Å². The van der Waals surface area contributed by atoms with E-state index in [2.05, 4.69) is 10.3 Å². The number of thiazole rings is 1. The number of nitrogens with zero attached hydrogens (tertiary/aromatic N) is 1. The molecule has 150 valence electrons. The minimum atomic E-state index is -0.471. The van der Waals surface area contributed by atoms with E-state index in [0.29, 0.717) is 5.69 Å². The number of nitrogens with one attached hydrogen (secondary N) is 1. The molecule has 0 aliphatic carbocycles. The third kappa shape index (κ3) is 5.51. The zero-order valence-electron chi connectivity index (χ0n) is 16.8. The molecule has 2 aromatic carbocycles. The van der Waals surface area contributed by atoms with E-state index in [-0.39, 0.29) is 18.9 Å². The zero-order valence-corrected chi connectivity index (χ0v) is 17.6. The number of anilines is 1. The van der Waals surface area contributed by atoms with Crippen LogP contribution in [0.25, 0.3) is 10.6 Å². The van der Waals surface area contributed by atoms with Crippen molar-refractivity contribution in [2.75, 3.05) is 11.9 Å². The number of amides is 1. The molecule has 0 saturated carbocycles. The van der Waals surface area contributed by atoms with Crippen LogP contribution in [0.3, 0.4) is 0 Å². The number of para-hydroxylation sites is 1. The highest BCUT2D eigenvalue weighted by atomic mass is 32.1. The molecule has 0 bridgehead atoms. The normalized spacial score (nSPS) is 10.6. The minimum absolute atomic E-state index is 0.0419. The monoisotopic (exact) mass is 408 g/mol. The SMILES string of the molecule is CCc1cccc(C)c1NC(=O)COC(=O)Cc1csc(-c2ccc(C)cc2)n1. The van der Waals surface area contributed by atoms with Gasteiger partial charge in [-0.25, -0.2) is 4.98 Å². The lowest BCUT2D eigenvalue weighted by Crippen LogP contribution is -2.22. The highest BCUT2D eigenvalue weighted by molar-refractivity contribution is 7.13. The first-order chi connectivity index (χ1) is 14.0. The van der Waals surface area contributed by atoms with Crippen LogP contribution >= 0.6 is 11.3 Å². The Morgan fingerprint density at radius 2 is 1.86 bits per heavy atom. The molecule has 6 heteroatoms. The second kappa shape index (κ2) is 9.47. The van der Waals surface area contributed by atoms with Crippen LogP contribution in [0.2, 0.25) is 0 Å². The van der Waals surface area contributed by atoms with Gasteiger partial charge in [0.05, 0.1) is 12.1 Å². The number of rotatable bonds is 7. The summed E-state index contributed by atoms with van der Waals surface area (Å²) >= 11 is 1.48. The van der Waals surface area contributed by atoms with Crippen LogP contribution in [0, 0.1) is 13.8 Å². The molecule has 0 atom stereocenters. The largest absolute Gasteiger partial charge is 0.455 e. The van der Waals surface area contributed by atoms with Crippen molar-refractivity contribution in [3.63, 3.8) is 0 Å². The van der Waals surface area contributed by atoms with Gasteiger partial charge in [-0.3, -0.25) is 9.59 Å². The first-order valence-electron chi connectivity index (χ1n) is 9.51. The number of aryl methyl sites for hydroxylation is 3. The van der Waals surface area contributed by atoms with Crippen LogP contribution < -0.4 is 5.32 Å². The standard InChI is InChI=1S/C23H24N2O3S/c1-4-17-7-5-6-16(3)22(17)25-20(26)13-28-21(27)12-19-14-29-23(24-19)18-10-8-15(2)9-11-18/h5-11,14H,4,12-13H2,1-3H3,(H,25,26). The fraction of sp³-hybridized carbons (Fsp3) is 0.261. The number of hydrogen-bond acceptors (Lipinski definition) is 5. The van der Waals surface area contributed by atoms with Crippen LogP contribution in [0.5, 0.6) is 0 Å². The zero-order chi connectivity index (χ0) is 20.8. The quantitative estimate of drug-likeness (QED) is 0.575. The van der Waals surface area contributed by atoms with Crippen LogP contribution in [0.15, 0.2) is 47.8 Å². The van der Waals surface area contributed by atoms with E-state index in [1.807, 2.05) is 68.6 Å². The second-order valence-corrected chi connectivity index (χ2v) is 7.72. The summed E-state index contributed by atoms with van der Waals surface area (Å²) in [6, 6.07) is 14.0. The number of esters is 1. The molecule has 1 amide bonds. The molecule has 1 aromatic heterocycles. The number of ether oxygens (including phenoxy) is 1. The molecule has 3 aromatic rings. The third-order valence-corrected chi connectivity index (χ3v) is 5.48. The van der Waals surface area contributed by atoms with E-state index in [1.165, 1.54) is 16.9 Å². The second-order valence-electron chi connectivity index (χ2n) is 6.86. The summed E-state index contributed by atoms with van der Waals surface area (Å²) in [5, 5.41) is 5.55. The maximum atomic E-state index is 12.2. The van der Waals surface area contributed by atoms with Crippen LogP contribution in [-0.4, -0.2) is 23.5 Å². The molecule has 29 heavy (non-hydrogen) atoms. The molecular weight excluding hydrogens is 384 g/mol. The van der Waals surface area contributed by atoms with Crippen molar-refractivity contribution in [2.24, 2.45) is 0 Å². The molecule has 3 rings (SSSR count). The maximum Gasteiger partial charge on any atom is 0.312 e. The lowest BCUT2D eigenvalue weighted by Gasteiger charge is -2.13. The Bertz CT molecular complexity index is 1010. The van der Waals surface area contributed by atoms with Crippen molar-refractivity contribution >= 4 is 28.9 Å². The van der Waals surface area contributed by atoms with Crippen molar-refractivity contribution in [3.8, 4) is 10.6 Å². The summed E-state index contributed by atoms with van der Waals surface area (Å²) in [5.41, 5.74) is 5.67. The average molecular weight is 409 g/mol. The predicted octanol–water partition coefficient (Wildman–Crippen LogP) is 4.71. The van der Waals surface area contributed by atoms with Gasteiger partial charge in [-0.05, 0) is 31.4 Å². The highest BCUT2D eigenvalue weighted by Gasteiger charge is 2.13. The Kier molecular flexibility index (Phi) is 6.77.